The van der Waals surface area contributed by atoms with E-state index < -0.39 is 11.4 Å². The van der Waals surface area contributed by atoms with Gasteiger partial charge in [0.2, 0.25) is 11.8 Å². The van der Waals surface area contributed by atoms with E-state index in [2.05, 4.69) is 27.1 Å². The summed E-state index contributed by atoms with van der Waals surface area (Å²) in [5, 5.41) is 6.66. The van der Waals surface area contributed by atoms with Crippen molar-refractivity contribution < 1.29 is 18.4 Å². The van der Waals surface area contributed by atoms with E-state index in [1.165, 1.54) is 30.3 Å². The molecule has 5 N–H and O–H groups in total. The average Bonchev–Trinajstić information content (AvgIpc) is 3.26. The summed E-state index contributed by atoms with van der Waals surface area (Å²) in [7, 11) is 0. The fourth-order valence-electron chi connectivity index (χ4n) is 4.65. The molecule has 0 bridgehead atoms. The molecule has 1 aliphatic rings. The smallest absolute Gasteiger partial charge is 0.245 e. The number of rotatable bonds is 9. The number of hydrogen-bond donors (Lipinski definition) is 4. The number of likely N-dealkylation sites (tertiary alicyclic amines) is 1. The third-order valence-electron chi connectivity index (χ3n) is 6.64. The van der Waals surface area contributed by atoms with Crippen LogP contribution in [0.1, 0.15) is 24.0 Å². The van der Waals surface area contributed by atoms with Crippen molar-refractivity contribution in [1.29, 1.82) is 0 Å². The summed E-state index contributed by atoms with van der Waals surface area (Å²) in [6.45, 7) is 5.72. The minimum absolute atomic E-state index is 0.270. The molecule has 2 aromatic carbocycles. The van der Waals surface area contributed by atoms with Crippen LogP contribution in [0.4, 0.5) is 8.78 Å². The normalized spacial score (nSPS) is 15.6. The Labute approximate surface area is 214 Å². The van der Waals surface area contributed by atoms with Crippen LogP contribution in [0.3, 0.4) is 0 Å². The van der Waals surface area contributed by atoms with Crippen molar-refractivity contribution in [3.8, 4) is 0 Å². The topological polar surface area (TPSA) is 103 Å². The van der Waals surface area contributed by atoms with Gasteiger partial charge in [-0.15, -0.1) is 0 Å². The van der Waals surface area contributed by atoms with Crippen LogP contribution in [0.5, 0.6) is 0 Å². The van der Waals surface area contributed by atoms with Gasteiger partial charge >= 0.3 is 0 Å². The molecule has 37 heavy (non-hydrogen) atoms. The second kappa shape index (κ2) is 11.4. The largest absolute Gasteiger partial charge is 0.401 e. The van der Waals surface area contributed by atoms with Gasteiger partial charge in [-0.2, -0.15) is 0 Å². The van der Waals surface area contributed by atoms with Gasteiger partial charge in [0, 0.05) is 55.1 Å². The first-order chi connectivity index (χ1) is 17.7. The number of amides is 2. The molecule has 0 atom stereocenters. The van der Waals surface area contributed by atoms with Crippen LogP contribution in [0, 0.1) is 11.6 Å². The van der Waals surface area contributed by atoms with Crippen LogP contribution in [-0.4, -0.2) is 53.4 Å². The molecule has 0 unspecified atom stereocenters. The van der Waals surface area contributed by atoms with E-state index in [-0.39, 0.29) is 17.5 Å². The lowest BCUT2D eigenvalue weighted by atomic mass is 9.86. The van der Waals surface area contributed by atoms with Gasteiger partial charge in [0.1, 0.15) is 17.2 Å². The molecule has 1 saturated heterocycles. The number of carbonyl (C=O) groups is 2. The van der Waals surface area contributed by atoms with Crippen molar-refractivity contribution in [3.05, 3.63) is 89.8 Å². The SMILES string of the molecule is C=C(N)CN1CCC(NC(=O)/C=C/c2ccc(F)cc2)(C(=O)NCCc2c[nH]c3ccc(F)cc23)CC1. The molecule has 1 aromatic heterocycles. The van der Waals surface area contributed by atoms with Crippen LogP contribution >= 0.6 is 0 Å². The van der Waals surface area contributed by atoms with Gasteiger partial charge < -0.3 is 21.4 Å². The van der Waals surface area contributed by atoms with E-state index >= 15 is 0 Å². The van der Waals surface area contributed by atoms with Gasteiger partial charge in [0.25, 0.3) is 0 Å². The Morgan fingerprint density at radius 2 is 1.81 bits per heavy atom. The van der Waals surface area contributed by atoms with Crippen LogP contribution in [-0.2, 0) is 16.0 Å². The Balaban J connectivity index is 1.43. The molecule has 0 spiro atoms. The van der Waals surface area contributed by atoms with Crippen LogP contribution in [0.25, 0.3) is 17.0 Å². The molecule has 0 saturated carbocycles. The number of nitrogens with one attached hydrogen (secondary N) is 3. The second-order valence-corrected chi connectivity index (χ2v) is 9.40. The van der Waals surface area contributed by atoms with E-state index in [9.17, 15) is 18.4 Å². The summed E-state index contributed by atoms with van der Waals surface area (Å²) in [5.41, 5.74) is 7.59. The highest BCUT2D eigenvalue weighted by Crippen LogP contribution is 2.24. The quantitative estimate of drug-likeness (QED) is 0.334. The van der Waals surface area contributed by atoms with Gasteiger partial charge in [-0.1, -0.05) is 18.7 Å². The second-order valence-electron chi connectivity index (χ2n) is 9.40. The average molecular weight is 508 g/mol. The van der Waals surface area contributed by atoms with Crippen LogP contribution < -0.4 is 16.4 Å². The van der Waals surface area contributed by atoms with Crippen molar-refractivity contribution in [2.75, 3.05) is 26.2 Å². The van der Waals surface area contributed by atoms with E-state index in [0.717, 1.165) is 16.5 Å². The maximum absolute atomic E-state index is 13.7. The number of carbonyl (C=O) groups excluding carboxylic acids is 2. The molecule has 0 radical (unpaired) electrons. The lowest BCUT2D eigenvalue weighted by Crippen LogP contribution is -2.63. The fraction of sp³-hybridized carbons (Fsp3) is 0.286. The first-order valence-electron chi connectivity index (χ1n) is 12.2. The van der Waals surface area contributed by atoms with Gasteiger partial charge in [0.05, 0.1) is 0 Å². The maximum atomic E-state index is 13.7. The third kappa shape index (κ3) is 6.62. The van der Waals surface area contributed by atoms with Crippen molar-refractivity contribution in [1.82, 2.24) is 20.5 Å². The van der Waals surface area contributed by atoms with Gasteiger partial charge in [0.15, 0.2) is 0 Å². The molecule has 194 valence electrons. The Hall–Kier alpha value is -3.98. The lowest BCUT2D eigenvalue weighted by molar-refractivity contribution is -0.134. The lowest BCUT2D eigenvalue weighted by Gasteiger charge is -2.41. The monoisotopic (exact) mass is 507 g/mol. The summed E-state index contributed by atoms with van der Waals surface area (Å²) in [4.78, 5) is 31.4. The maximum Gasteiger partial charge on any atom is 0.245 e. The minimum atomic E-state index is -1.09. The molecule has 3 aromatic rings. The zero-order chi connectivity index (χ0) is 26.4. The van der Waals surface area contributed by atoms with Crippen LogP contribution in [0.15, 0.2) is 67.0 Å². The number of hydrogen-bond acceptors (Lipinski definition) is 4. The van der Waals surface area contributed by atoms with Crippen LogP contribution in [0.2, 0.25) is 0 Å². The number of aromatic amines is 1. The standard InChI is InChI=1S/C28H31F2N5O2/c1-19(31)18-35-14-11-28(12-15-35,34-26(36)9-4-20-2-5-22(29)6-3-20)27(37)32-13-10-21-17-33-25-8-7-23(30)16-24(21)25/h2-9,16-17,33H,1,10-15,18,31H2,(H,32,37)(H,34,36)/b9-4+. The Bertz CT molecular complexity index is 1310. The first-order valence-corrected chi connectivity index (χ1v) is 12.2. The number of nitrogens with two attached hydrogens (primary N) is 1. The van der Waals surface area contributed by atoms with Gasteiger partial charge in [-0.3, -0.25) is 14.5 Å². The molecule has 1 fully saturated rings. The van der Waals surface area contributed by atoms with E-state index in [1.807, 2.05) is 6.20 Å². The zero-order valence-electron chi connectivity index (χ0n) is 20.5. The summed E-state index contributed by atoms with van der Waals surface area (Å²) >= 11 is 0. The van der Waals surface area contributed by atoms with Crippen molar-refractivity contribution in [2.24, 2.45) is 5.73 Å². The molecular weight excluding hydrogens is 476 g/mol. The summed E-state index contributed by atoms with van der Waals surface area (Å²) in [5.74, 6) is -1.36. The third-order valence-corrected chi connectivity index (χ3v) is 6.64. The number of benzene rings is 2. The molecule has 9 heteroatoms. The number of halogens is 2. The van der Waals surface area contributed by atoms with Gasteiger partial charge in [-0.05, 0) is 66.8 Å². The predicted octanol–water partition coefficient (Wildman–Crippen LogP) is 3.24. The molecule has 7 nitrogen and oxygen atoms in total. The number of aromatic nitrogens is 1. The van der Waals surface area contributed by atoms with E-state index in [0.29, 0.717) is 56.7 Å². The molecule has 4 rings (SSSR count). The summed E-state index contributed by atoms with van der Waals surface area (Å²) in [6.07, 6.45) is 6.04. The fourth-order valence-corrected chi connectivity index (χ4v) is 4.65. The Morgan fingerprint density at radius 1 is 1.11 bits per heavy atom. The summed E-state index contributed by atoms with van der Waals surface area (Å²) in [6, 6.07) is 10.3. The highest BCUT2D eigenvalue weighted by atomic mass is 19.1. The van der Waals surface area contributed by atoms with Crippen molar-refractivity contribution >= 4 is 28.8 Å². The minimum Gasteiger partial charge on any atom is -0.401 e. The number of H-pyrrole nitrogens is 1. The Morgan fingerprint density at radius 3 is 2.51 bits per heavy atom. The predicted molar refractivity (Wildman–Crippen MR) is 140 cm³/mol. The summed E-state index contributed by atoms with van der Waals surface area (Å²) < 4.78 is 26.8. The van der Waals surface area contributed by atoms with Gasteiger partial charge in [-0.25, -0.2) is 8.78 Å². The highest BCUT2D eigenvalue weighted by Gasteiger charge is 2.42. The zero-order valence-corrected chi connectivity index (χ0v) is 20.5. The van der Waals surface area contributed by atoms with Crippen molar-refractivity contribution in [2.45, 2.75) is 24.8 Å². The first kappa shape index (κ1) is 26.1. The number of nitrogens with zero attached hydrogens (tertiary/aromatic N) is 1. The van der Waals surface area contributed by atoms with Crippen molar-refractivity contribution in [3.63, 3.8) is 0 Å². The van der Waals surface area contributed by atoms with E-state index in [4.69, 9.17) is 5.73 Å². The molecule has 2 heterocycles. The Kier molecular flexibility index (Phi) is 8.03. The molecular formula is C28H31F2N5O2. The highest BCUT2D eigenvalue weighted by molar-refractivity contribution is 5.97. The molecule has 1 aliphatic heterocycles. The molecule has 2 amide bonds. The number of piperidine rings is 1. The number of fused-ring (bicyclic) bond motifs is 1. The molecule has 0 aliphatic carbocycles. The van der Waals surface area contributed by atoms with E-state index in [1.54, 1.807) is 24.3 Å².